The van der Waals surface area contributed by atoms with E-state index < -0.39 is 23.8 Å². The molecule has 0 radical (unpaired) electrons. The highest BCUT2D eigenvalue weighted by Gasteiger charge is 2.34. The van der Waals surface area contributed by atoms with E-state index in [1.807, 2.05) is 0 Å². The number of azo groups is 1. The number of aryl methyl sites for hydroxylation is 1. The van der Waals surface area contributed by atoms with Crippen molar-refractivity contribution in [2.75, 3.05) is 18.0 Å². The number of piperidine rings is 1. The zero-order valence-corrected chi connectivity index (χ0v) is 14.4. The van der Waals surface area contributed by atoms with Crippen molar-refractivity contribution in [3.05, 3.63) is 29.7 Å². The number of aromatic nitrogens is 2. The van der Waals surface area contributed by atoms with Crippen molar-refractivity contribution in [3.63, 3.8) is 0 Å². The van der Waals surface area contributed by atoms with E-state index in [4.69, 9.17) is 0 Å². The minimum atomic E-state index is -4.53. The van der Waals surface area contributed by atoms with Crippen LogP contribution in [-0.4, -0.2) is 47.0 Å². The SMILES string of the molecule is Cc1nc(N2CCC(NC(=O)C3C=CC(=O)N=N3)CC2)cc(C(F)(F)F)n1. The molecule has 1 saturated heterocycles. The zero-order chi connectivity index (χ0) is 19.6. The van der Waals surface area contributed by atoms with Gasteiger partial charge in [-0.25, -0.2) is 9.97 Å². The summed E-state index contributed by atoms with van der Waals surface area (Å²) in [5.41, 5.74) is -0.968. The number of nitrogens with zero attached hydrogens (tertiary/aromatic N) is 5. The van der Waals surface area contributed by atoms with Crippen LogP contribution in [0.15, 0.2) is 28.4 Å². The number of rotatable bonds is 3. The Labute approximate surface area is 152 Å². The highest BCUT2D eigenvalue weighted by atomic mass is 19.4. The molecule has 2 amide bonds. The number of hydrogen-bond acceptors (Lipinski definition) is 6. The van der Waals surface area contributed by atoms with Gasteiger partial charge < -0.3 is 10.2 Å². The van der Waals surface area contributed by atoms with Crippen LogP contribution >= 0.6 is 0 Å². The minimum Gasteiger partial charge on any atom is -0.356 e. The third-order valence-corrected chi connectivity index (χ3v) is 4.25. The van der Waals surface area contributed by atoms with E-state index >= 15 is 0 Å². The second-order valence-corrected chi connectivity index (χ2v) is 6.28. The van der Waals surface area contributed by atoms with Crippen molar-refractivity contribution in [3.8, 4) is 0 Å². The molecule has 1 aromatic rings. The first-order valence-electron chi connectivity index (χ1n) is 8.33. The number of carbonyl (C=O) groups excluding carboxylic acids is 2. The molecule has 0 spiro atoms. The quantitative estimate of drug-likeness (QED) is 0.859. The molecule has 0 aromatic carbocycles. The maximum absolute atomic E-state index is 12.9. The second kappa shape index (κ2) is 7.41. The largest absolute Gasteiger partial charge is 0.433 e. The van der Waals surface area contributed by atoms with Crippen molar-refractivity contribution in [2.45, 2.75) is 38.0 Å². The highest BCUT2D eigenvalue weighted by molar-refractivity contribution is 5.92. The van der Waals surface area contributed by atoms with E-state index in [9.17, 15) is 22.8 Å². The summed E-state index contributed by atoms with van der Waals surface area (Å²) in [5.74, 6) is -0.592. The fraction of sp³-hybridized carbons (Fsp3) is 0.500. The topological polar surface area (TPSA) is 99.9 Å². The average Bonchev–Trinajstić information content (AvgIpc) is 2.61. The molecule has 8 nitrogen and oxygen atoms in total. The third-order valence-electron chi connectivity index (χ3n) is 4.25. The molecule has 3 rings (SSSR count). The summed E-state index contributed by atoms with van der Waals surface area (Å²) >= 11 is 0. The number of amides is 2. The predicted octanol–water partition coefficient (Wildman–Crippen LogP) is 1.81. The number of nitrogens with one attached hydrogen (secondary N) is 1. The van der Waals surface area contributed by atoms with Crippen LogP contribution in [0, 0.1) is 6.92 Å². The van der Waals surface area contributed by atoms with E-state index in [0.29, 0.717) is 25.9 Å². The van der Waals surface area contributed by atoms with Crippen molar-refractivity contribution in [1.82, 2.24) is 15.3 Å². The smallest absolute Gasteiger partial charge is 0.356 e. The van der Waals surface area contributed by atoms with E-state index in [-0.39, 0.29) is 23.6 Å². The standard InChI is InChI=1S/C16H17F3N6O2/c1-9-20-12(16(17,18)19)8-13(21-9)25-6-4-10(5-7-25)22-15(27)11-2-3-14(26)24-23-11/h2-3,8,10-11H,4-7H2,1H3,(H,22,27). The second-order valence-electron chi connectivity index (χ2n) is 6.28. The molecular formula is C16H17F3N6O2. The van der Waals surface area contributed by atoms with Gasteiger partial charge in [0.1, 0.15) is 17.3 Å². The molecule has 144 valence electrons. The molecule has 1 atom stereocenters. The maximum Gasteiger partial charge on any atom is 0.433 e. The van der Waals surface area contributed by atoms with Gasteiger partial charge in [0.2, 0.25) is 0 Å². The van der Waals surface area contributed by atoms with Gasteiger partial charge in [-0.2, -0.15) is 18.3 Å². The number of hydrogen-bond donors (Lipinski definition) is 1. The molecule has 1 N–H and O–H groups in total. The predicted molar refractivity (Wildman–Crippen MR) is 87.9 cm³/mol. The Morgan fingerprint density at radius 3 is 2.56 bits per heavy atom. The lowest BCUT2D eigenvalue weighted by molar-refractivity contribution is -0.141. The summed E-state index contributed by atoms with van der Waals surface area (Å²) in [6.45, 7) is 2.31. The van der Waals surface area contributed by atoms with Gasteiger partial charge in [-0.15, -0.1) is 5.11 Å². The normalized spacial score (nSPS) is 20.8. The Balaban J connectivity index is 1.58. The van der Waals surface area contributed by atoms with Crippen LogP contribution in [0.1, 0.15) is 24.4 Å². The van der Waals surface area contributed by atoms with Crippen LogP contribution in [0.25, 0.3) is 0 Å². The van der Waals surface area contributed by atoms with Crippen molar-refractivity contribution in [2.24, 2.45) is 10.2 Å². The zero-order valence-electron chi connectivity index (χ0n) is 14.4. The number of alkyl halides is 3. The summed E-state index contributed by atoms with van der Waals surface area (Å²) < 4.78 is 38.8. The van der Waals surface area contributed by atoms with Crippen LogP contribution in [-0.2, 0) is 15.8 Å². The Morgan fingerprint density at radius 2 is 1.96 bits per heavy atom. The summed E-state index contributed by atoms with van der Waals surface area (Å²) in [7, 11) is 0. The van der Waals surface area contributed by atoms with Gasteiger partial charge in [-0.05, 0) is 25.8 Å². The summed E-state index contributed by atoms with van der Waals surface area (Å²) in [6, 6.07) is -0.0320. The molecule has 2 aliphatic rings. The lowest BCUT2D eigenvalue weighted by Gasteiger charge is -2.33. The minimum absolute atomic E-state index is 0.0549. The number of anilines is 1. The van der Waals surface area contributed by atoms with Gasteiger partial charge in [-0.3, -0.25) is 9.59 Å². The van der Waals surface area contributed by atoms with Crippen LogP contribution in [0.2, 0.25) is 0 Å². The number of carbonyl (C=O) groups is 2. The summed E-state index contributed by atoms with van der Waals surface area (Å²) in [4.78, 5) is 32.4. The van der Waals surface area contributed by atoms with Gasteiger partial charge >= 0.3 is 6.18 Å². The molecule has 1 fully saturated rings. The molecule has 11 heteroatoms. The molecule has 2 aliphatic heterocycles. The van der Waals surface area contributed by atoms with E-state index in [0.717, 1.165) is 6.07 Å². The average molecular weight is 382 g/mol. The first kappa shape index (κ1) is 18.9. The van der Waals surface area contributed by atoms with E-state index in [1.54, 1.807) is 4.90 Å². The van der Waals surface area contributed by atoms with Crippen molar-refractivity contribution >= 4 is 17.6 Å². The molecular weight excluding hydrogens is 365 g/mol. The van der Waals surface area contributed by atoms with Crippen molar-refractivity contribution < 1.29 is 22.8 Å². The van der Waals surface area contributed by atoms with Crippen LogP contribution < -0.4 is 10.2 Å². The summed E-state index contributed by atoms with van der Waals surface area (Å²) in [6.07, 6.45) is -0.874. The van der Waals surface area contributed by atoms with E-state index in [1.165, 1.54) is 19.1 Å². The van der Waals surface area contributed by atoms with Gasteiger partial charge in [0, 0.05) is 31.3 Å². The van der Waals surface area contributed by atoms with Gasteiger partial charge in [0.05, 0.1) is 0 Å². The van der Waals surface area contributed by atoms with Gasteiger partial charge in [0.25, 0.3) is 11.8 Å². The fourth-order valence-corrected chi connectivity index (χ4v) is 2.90. The molecule has 1 aromatic heterocycles. The van der Waals surface area contributed by atoms with Crippen LogP contribution in [0.3, 0.4) is 0 Å². The molecule has 27 heavy (non-hydrogen) atoms. The molecule has 0 bridgehead atoms. The lowest BCUT2D eigenvalue weighted by atomic mass is 10.0. The fourth-order valence-electron chi connectivity index (χ4n) is 2.90. The lowest BCUT2D eigenvalue weighted by Crippen LogP contribution is -2.47. The Kier molecular flexibility index (Phi) is 5.19. The maximum atomic E-state index is 12.9. The van der Waals surface area contributed by atoms with Crippen LogP contribution in [0.5, 0.6) is 0 Å². The number of halogens is 3. The van der Waals surface area contributed by atoms with Crippen LogP contribution in [0.4, 0.5) is 19.0 Å². The highest BCUT2D eigenvalue weighted by Crippen LogP contribution is 2.30. The molecule has 1 unspecified atom stereocenters. The Bertz CT molecular complexity index is 784. The van der Waals surface area contributed by atoms with Gasteiger partial charge in [0.15, 0.2) is 6.04 Å². The summed E-state index contributed by atoms with van der Waals surface area (Å²) in [5, 5.41) is 9.79. The Hall–Kier alpha value is -2.85. The third kappa shape index (κ3) is 4.66. The first-order chi connectivity index (χ1) is 12.7. The molecule has 0 aliphatic carbocycles. The van der Waals surface area contributed by atoms with Gasteiger partial charge in [-0.1, -0.05) is 0 Å². The molecule has 0 saturated carbocycles. The Morgan fingerprint density at radius 1 is 1.26 bits per heavy atom. The molecule has 3 heterocycles. The van der Waals surface area contributed by atoms with Crippen molar-refractivity contribution in [1.29, 1.82) is 0 Å². The van der Waals surface area contributed by atoms with E-state index in [2.05, 4.69) is 25.5 Å². The first-order valence-corrected chi connectivity index (χ1v) is 8.33. The monoisotopic (exact) mass is 382 g/mol.